The van der Waals surface area contributed by atoms with E-state index in [-0.39, 0.29) is 30.0 Å². The molecular weight excluding hydrogens is 506 g/mol. The van der Waals surface area contributed by atoms with Gasteiger partial charge in [0.05, 0.1) is 34.1 Å². The van der Waals surface area contributed by atoms with E-state index in [4.69, 9.17) is 16.0 Å². The van der Waals surface area contributed by atoms with Crippen molar-refractivity contribution in [2.45, 2.75) is 32.7 Å². The number of benzene rings is 2. The molecule has 0 spiro atoms. The predicted octanol–water partition coefficient (Wildman–Crippen LogP) is 6.03. The van der Waals surface area contributed by atoms with Crippen LogP contribution in [-0.4, -0.2) is 38.9 Å². The highest BCUT2D eigenvalue weighted by Gasteiger charge is 2.43. The molecule has 2 amide bonds. The van der Waals surface area contributed by atoms with E-state index in [9.17, 15) is 19.5 Å². The Morgan fingerprint density at radius 1 is 1.16 bits per heavy atom. The molecule has 6 rings (SSSR count). The van der Waals surface area contributed by atoms with E-state index in [2.05, 4.69) is 23.7 Å². The molecule has 0 aliphatic carbocycles. The molecule has 38 heavy (non-hydrogen) atoms. The molecule has 0 radical (unpaired) electrons. The van der Waals surface area contributed by atoms with E-state index in [1.165, 1.54) is 30.0 Å². The molecule has 2 aromatic carbocycles. The number of carboxylic acid groups (broad SMARTS) is 1. The average Bonchev–Trinajstić information content (AvgIpc) is 3.56. The Labute approximate surface area is 223 Å². The number of rotatable bonds is 4. The molecule has 9 heteroatoms. The summed E-state index contributed by atoms with van der Waals surface area (Å²) in [5.41, 5.74) is 4.38. The maximum Gasteiger partial charge on any atom is 0.335 e. The van der Waals surface area contributed by atoms with Crippen LogP contribution in [0.3, 0.4) is 0 Å². The highest BCUT2D eigenvalue weighted by molar-refractivity contribution is 6.33. The Kier molecular flexibility index (Phi) is 5.47. The van der Waals surface area contributed by atoms with E-state index in [0.29, 0.717) is 33.4 Å². The number of hydrogen-bond acceptors (Lipinski definition) is 5. The maximum absolute atomic E-state index is 13.7. The van der Waals surface area contributed by atoms with Crippen molar-refractivity contribution in [3.63, 3.8) is 0 Å². The second-order valence-corrected chi connectivity index (χ2v) is 10.3. The van der Waals surface area contributed by atoms with Crippen LogP contribution in [0.2, 0.25) is 5.02 Å². The number of amides is 2. The van der Waals surface area contributed by atoms with Gasteiger partial charge in [-0.15, -0.1) is 0 Å². The van der Waals surface area contributed by atoms with Gasteiger partial charge in [-0.1, -0.05) is 17.7 Å². The summed E-state index contributed by atoms with van der Waals surface area (Å²) in [5, 5.41) is 14.2. The van der Waals surface area contributed by atoms with Crippen LogP contribution in [0.1, 0.15) is 54.4 Å². The van der Waals surface area contributed by atoms with Crippen LogP contribution >= 0.6 is 11.6 Å². The lowest BCUT2D eigenvalue weighted by Gasteiger charge is -2.17. The molecule has 1 unspecified atom stereocenters. The molecule has 2 aromatic heterocycles. The molecule has 4 heterocycles. The second-order valence-electron chi connectivity index (χ2n) is 9.85. The minimum atomic E-state index is -1.07. The van der Waals surface area contributed by atoms with Gasteiger partial charge < -0.3 is 19.4 Å². The number of aromatic carboxylic acids is 1. The Morgan fingerprint density at radius 2 is 1.95 bits per heavy atom. The lowest BCUT2D eigenvalue weighted by molar-refractivity contribution is -0.139. The molecule has 1 atom stereocenters. The molecule has 8 nitrogen and oxygen atoms in total. The normalized spacial score (nSPS) is 16.7. The topological polar surface area (TPSA) is 105 Å². The molecule has 0 fully saturated rings. The number of hydrogen-bond donors (Lipinski definition) is 2. The zero-order valence-electron chi connectivity index (χ0n) is 20.9. The molecule has 192 valence electrons. The summed E-state index contributed by atoms with van der Waals surface area (Å²) in [5.74, 6) is -1.50. The predicted molar refractivity (Wildman–Crippen MR) is 143 cm³/mol. The van der Waals surface area contributed by atoms with Crippen molar-refractivity contribution in [2.75, 3.05) is 11.9 Å². The van der Waals surface area contributed by atoms with Crippen molar-refractivity contribution in [2.24, 2.45) is 0 Å². The third kappa shape index (κ3) is 3.55. The molecule has 2 N–H and O–H groups in total. The fourth-order valence-electron chi connectivity index (χ4n) is 5.45. The van der Waals surface area contributed by atoms with Crippen molar-refractivity contribution in [1.29, 1.82) is 0 Å². The van der Waals surface area contributed by atoms with E-state index >= 15 is 0 Å². The van der Waals surface area contributed by atoms with Gasteiger partial charge in [-0.3, -0.25) is 14.5 Å². The fraction of sp³-hybridized carbons (Fsp3) is 0.207. The zero-order valence-corrected chi connectivity index (χ0v) is 21.7. The van der Waals surface area contributed by atoms with Gasteiger partial charge in [-0.05, 0) is 61.9 Å². The highest BCUT2D eigenvalue weighted by atomic mass is 35.5. The molecule has 4 aromatic rings. The van der Waals surface area contributed by atoms with Crippen molar-refractivity contribution < 1.29 is 23.9 Å². The molecule has 0 saturated carbocycles. The number of carboxylic acids is 1. The van der Waals surface area contributed by atoms with Crippen LogP contribution < -0.4 is 5.32 Å². The average molecular weight is 530 g/mol. The molecular formula is C29H24ClN3O5. The first-order valence-corrected chi connectivity index (χ1v) is 12.6. The number of aromatic nitrogens is 1. The van der Waals surface area contributed by atoms with Crippen molar-refractivity contribution in [3.8, 4) is 11.3 Å². The minimum absolute atomic E-state index is 0.0822. The number of nitrogens with one attached hydrogen (secondary N) is 1. The van der Waals surface area contributed by atoms with Crippen molar-refractivity contribution >= 4 is 46.0 Å². The van der Waals surface area contributed by atoms with Gasteiger partial charge >= 0.3 is 5.97 Å². The lowest BCUT2D eigenvalue weighted by atomic mass is 9.88. The number of anilines is 1. The van der Waals surface area contributed by atoms with Crippen molar-refractivity contribution in [3.05, 3.63) is 87.9 Å². The van der Waals surface area contributed by atoms with E-state index in [1.807, 2.05) is 24.4 Å². The van der Waals surface area contributed by atoms with Crippen LogP contribution in [0.25, 0.3) is 22.2 Å². The van der Waals surface area contributed by atoms with Gasteiger partial charge in [0.2, 0.25) is 5.91 Å². The third-order valence-electron chi connectivity index (χ3n) is 7.22. The number of furan rings is 1. The SMILES string of the molecule is CC(=O)N1CC2=C(C1=O)C(c1ccc(-c3cc(C(=O)O)ccc3Cl)o1)c1cn(C(C)C)c3cccc(c13)N2. The van der Waals surface area contributed by atoms with Gasteiger partial charge in [0.25, 0.3) is 5.91 Å². The zero-order chi connectivity index (χ0) is 26.9. The van der Waals surface area contributed by atoms with E-state index < -0.39 is 11.9 Å². The number of carbonyl (C=O) groups excluding carboxylic acids is 2. The Balaban J connectivity index is 1.58. The smallest absolute Gasteiger partial charge is 0.335 e. The summed E-state index contributed by atoms with van der Waals surface area (Å²) in [6.07, 6.45) is 2.05. The number of halogens is 1. The van der Waals surface area contributed by atoms with Gasteiger partial charge in [0, 0.05) is 41.5 Å². The summed E-state index contributed by atoms with van der Waals surface area (Å²) in [6.45, 7) is 5.71. The second kappa shape index (κ2) is 8.63. The monoisotopic (exact) mass is 529 g/mol. The molecule has 0 bridgehead atoms. The van der Waals surface area contributed by atoms with Gasteiger partial charge in [0.15, 0.2) is 0 Å². The Bertz CT molecular complexity index is 1710. The lowest BCUT2D eigenvalue weighted by Crippen LogP contribution is -2.33. The fourth-order valence-corrected chi connectivity index (χ4v) is 5.67. The maximum atomic E-state index is 13.7. The van der Waals surface area contributed by atoms with Crippen LogP contribution in [-0.2, 0) is 9.59 Å². The third-order valence-corrected chi connectivity index (χ3v) is 7.55. The number of nitrogens with zero attached hydrogens (tertiary/aromatic N) is 2. The summed E-state index contributed by atoms with van der Waals surface area (Å²) < 4.78 is 8.50. The standard InChI is InChI=1S/C29H24ClN3O5/c1-14(2)32-12-18-25-20(5-4-6-22(25)32)31-21-13-33(15(3)34)28(35)27(21)26(18)24-10-9-23(38-24)17-11-16(29(36)37)7-8-19(17)30/h4-12,14,26,31H,13H2,1-3H3,(H,36,37). The molecule has 2 aliphatic heterocycles. The summed E-state index contributed by atoms with van der Waals surface area (Å²) in [6, 6.07) is 14.1. The van der Waals surface area contributed by atoms with Crippen LogP contribution in [0.15, 0.2) is 70.4 Å². The van der Waals surface area contributed by atoms with Crippen LogP contribution in [0.5, 0.6) is 0 Å². The molecule has 2 aliphatic rings. The minimum Gasteiger partial charge on any atom is -0.478 e. The summed E-state index contributed by atoms with van der Waals surface area (Å²) >= 11 is 6.42. The van der Waals surface area contributed by atoms with Gasteiger partial charge in [0.1, 0.15) is 11.5 Å². The number of carbonyl (C=O) groups is 3. The Hall–Kier alpha value is -4.30. The first kappa shape index (κ1) is 24.1. The quantitative estimate of drug-likeness (QED) is 0.334. The van der Waals surface area contributed by atoms with Crippen molar-refractivity contribution in [1.82, 2.24) is 9.47 Å². The van der Waals surface area contributed by atoms with E-state index in [1.54, 1.807) is 12.1 Å². The highest BCUT2D eigenvalue weighted by Crippen LogP contribution is 2.48. The summed E-state index contributed by atoms with van der Waals surface area (Å²) in [7, 11) is 0. The van der Waals surface area contributed by atoms with Gasteiger partial charge in [-0.25, -0.2) is 4.79 Å². The van der Waals surface area contributed by atoms with Crippen LogP contribution in [0, 0.1) is 0 Å². The largest absolute Gasteiger partial charge is 0.478 e. The summed E-state index contributed by atoms with van der Waals surface area (Å²) in [4.78, 5) is 38.8. The first-order valence-electron chi connectivity index (χ1n) is 12.2. The van der Waals surface area contributed by atoms with Crippen LogP contribution in [0.4, 0.5) is 5.69 Å². The first-order chi connectivity index (χ1) is 18.2. The Morgan fingerprint density at radius 3 is 2.66 bits per heavy atom. The number of imide groups is 1. The van der Waals surface area contributed by atoms with E-state index in [0.717, 1.165) is 22.2 Å². The molecule has 0 saturated heterocycles. The van der Waals surface area contributed by atoms with Gasteiger partial charge in [-0.2, -0.15) is 0 Å².